The van der Waals surface area contributed by atoms with Gasteiger partial charge in [-0.15, -0.1) is 11.6 Å². The number of aliphatic hydroxyl groups excluding tert-OH is 1. The van der Waals surface area contributed by atoms with Gasteiger partial charge >= 0.3 is 17.5 Å². The average Bonchev–Trinajstić information content (AvgIpc) is 3.28. The second-order valence-corrected chi connectivity index (χ2v) is 16.6. The molecule has 0 bridgehead atoms. The van der Waals surface area contributed by atoms with Crippen molar-refractivity contribution in [2.75, 3.05) is 71.8 Å². The predicted octanol–water partition coefficient (Wildman–Crippen LogP) is 6.79. The van der Waals surface area contributed by atoms with E-state index in [0.29, 0.717) is 68.8 Å². The van der Waals surface area contributed by atoms with Crippen LogP contribution in [0.3, 0.4) is 0 Å². The van der Waals surface area contributed by atoms with Gasteiger partial charge in [0.25, 0.3) is 0 Å². The maximum atomic E-state index is 9.09. The largest absolute Gasteiger partial charge is 1.00 e. The second kappa shape index (κ2) is 35.5. The van der Waals surface area contributed by atoms with Crippen molar-refractivity contribution in [3.8, 4) is 0 Å². The van der Waals surface area contributed by atoms with E-state index < -0.39 is 9.23 Å². The maximum Gasteiger partial charge on any atom is 0.526 e. The predicted molar refractivity (Wildman–Crippen MR) is 260 cm³/mol. The highest BCUT2D eigenvalue weighted by atomic mass is 36.0. The number of hydrogen-bond donors (Lipinski definition) is 1. The summed E-state index contributed by atoms with van der Waals surface area (Å²) < 4.78 is 27.5. The van der Waals surface area contributed by atoms with Gasteiger partial charge in [-0.3, -0.25) is 0 Å². The number of ether oxygens (including phenoxy) is 3. The topological polar surface area (TPSA) is 105 Å². The number of rotatable bonds is 16. The summed E-state index contributed by atoms with van der Waals surface area (Å²) in [6, 6.07) is 6.00. The number of aromatic nitrogens is 1. The molecule has 67 heavy (non-hydrogen) atoms. The Morgan fingerprint density at radius 2 is 0.836 bits per heavy atom. The molecule has 0 spiro atoms. The molecule has 4 rings (SSSR count). The molecule has 0 unspecified atom stereocenters. The van der Waals surface area contributed by atoms with Crippen LogP contribution >= 0.6 is 33.0 Å². The van der Waals surface area contributed by atoms with Crippen LogP contribution in [0, 0.1) is 39.4 Å². The van der Waals surface area contributed by atoms with Gasteiger partial charge in [0.1, 0.15) is 46.0 Å². The van der Waals surface area contributed by atoms with Crippen molar-refractivity contribution < 1.29 is 40.5 Å². The van der Waals surface area contributed by atoms with E-state index in [1.807, 2.05) is 109 Å². The standard InChI is InChI=1S/C19H21N4O.C14H16ClN3O.C14H17N3O2.Cl2OS.ClH/c1-16-14-18(19(20-3)21-4)15-17(2)23(16)11-13-24-12-10-22-8-6-5-7-9-22;1-11-9-13(14(16-3)17-4)10-12(2)18(11)6-8-19-7-5-15;1-11-9-13(14(15-3)16-4)10-12(2)17(11)5-7-19-8-6-18;1-4(2)3;/h5-9,14-15H,10-13H2,1-2H3;9-10H,5-8H2,1-2H3;9-10,18H,5-8H2,1-2H3;;1H/q+1;;;;/p-1. The van der Waals surface area contributed by atoms with Crippen LogP contribution in [0.4, 0.5) is 0 Å². The lowest BCUT2D eigenvalue weighted by Crippen LogP contribution is -3.00. The van der Waals surface area contributed by atoms with E-state index in [1.54, 1.807) is 0 Å². The Bertz CT molecular complexity index is 2170. The van der Waals surface area contributed by atoms with Crippen LogP contribution in [0.15, 0.2) is 135 Å². The van der Waals surface area contributed by atoms with Gasteiger partial charge in [0.2, 0.25) is 9.23 Å². The van der Waals surface area contributed by atoms with Gasteiger partial charge in [-0.1, -0.05) is 6.07 Å². The summed E-state index contributed by atoms with van der Waals surface area (Å²) in [6.45, 7) is 60.1. The number of aliphatic hydroxyl groups is 1. The highest BCUT2D eigenvalue weighted by molar-refractivity contribution is 8.26. The van der Waals surface area contributed by atoms with Crippen LogP contribution in [0.2, 0.25) is 0 Å². The smallest absolute Gasteiger partial charge is 0.526 e. The molecule has 1 aromatic rings. The first kappa shape index (κ1) is 61.3. The van der Waals surface area contributed by atoms with E-state index in [2.05, 4.69) is 69.7 Å². The van der Waals surface area contributed by atoms with Gasteiger partial charge in [0.05, 0.1) is 56.4 Å². The van der Waals surface area contributed by atoms with Crippen molar-refractivity contribution in [1.82, 2.24) is 14.7 Å². The first-order valence-corrected chi connectivity index (χ1v) is 23.5. The van der Waals surface area contributed by atoms with Crippen molar-refractivity contribution in [1.29, 1.82) is 0 Å². The molecule has 4 heterocycles. The third-order valence-corrected chi connectivity index (χ3v) is 9.41. The fourth-order valence-corrected chi connectivity index (χ4v) is 6.44. The van der Waals surface area contributed by atoms with Crippen LogP contribution in [-0.4, -0.2) is 95.8 Å². The molecule has 0 amide bonds. The molecule has 0 radical (unpaired) electrons. The number of halogens is 4. The first-order valence-electron chi connectivity index (χ1n) is 20.1. The van der Waals surface area contributed by atoms with Gasteiger partial charge < -0.3 is 46.4 Å². The van der Waals surface area contributed by atoms with E-state index in [-0.39, 0.29) is 36.5 Å². The Morgan fingerprint density at radius 1 is 0.552 bits per heavy atom. The molecule has 0 saturated carbocycles. The molecule has 3 aliphatic heterocycles. The van der Waals surface area contributed by atoms with Crippen LogP contribution in [-0.2, 0) is 30.0 Å². The lowest BCUT2D eigenvalue weighted by atomic mass is 10.1. The second-order valence-electron chi connectivity index (χ2n) is 13.7. The van der Waals surface area contributed by atoms with Crippen LogP contribution in [0.25, 0.3) is 29.1 Å². The van der Waals surface area contributed by atoms with Crippen molar-refractivity contribution in [2.24, 2.45) is 0 Å². The molecule has 20 heteroatoms. The van der Waals surface area contributed by atoms with Gasteiger partial charge in [0, 0.05) is 93.2 Å². The summed E-state index contributed by atoms with van der Waals surface area (Å²) >= 11 is 5.54. The summed E-state index contributed by atoms with van der Waals surface area (Å²) in [7, 11) is 7.36. The minimum Gasteiger partial charge on any atom is -1.00 e. The Morgan fingerprint density at radius 3 is 1.10 bits per heavy atom. The molecular weight excluding hydrogens is 958 g/mol. The number of nitrogens with zero attached hydrogens (tertiary/aromatic N) is 10. The number of hydrogen-bond acceptors (Lipinski definition) is 8. The molecule has 3 aliphatic rings. The zero-order valence-corrected chi connectivity index (χ0v) is 42.1. The third-order valence-electron chi connectivity index (χ3n) is 9.26. The Balaban J connectivity index is 0.000000938. The minimum atomic E-state index is -1.67. The summed E-state index contributed by atoms with van der Waals surface area (Å²) in [6.07, 6.45) is 15.2. The maximum absolute atomic E-state index is 9.09. The summed E-state index contributed by atoms with van der Waals surface area (Å²) in [5.74, 6) is 0.812. The lowest BCUT2D eigenvalue weighted by molar-refractivity contribution is -0.698. The van der Waals surface area contributed by atoms with Crippen molar-refractivity contribution in [2.45, 2.75) is 48.1 Å². The lowest BCUT2D eigenvalue weighted by Gasteiger charge is -2.29. The van der Waals surface area contributed by atoms with Gasteiger partial charge in [-0.05, 0) is 78.0 Å². The molecule has 0 fully saturated rings. The molecule has 0 aromatic carbocycles. The van der Waals surface area contributed by atoms with E-state index in [9.17, 15) is 0 Å². The first-order chi connectivity index (χ1) is 31.7. The highest BCUT2D eigenvalue weighted by Gasteiger charge is 2.21. The zero-order valence-electron chi connectivity index (χ0n) is 38.3. The normalized spacial score (nSPS) is 13.6. The van der Waals surface area contributed by atoms with Crippen LogP contribution in [0.5, 0.6) is 0 Å². The number of alkyl halides is 1. The molecule has 1 aromatic heterocycles. The summed E-state index contributed by atoms with van der Waals surface area (Å²) in [4.78, 5) is 25.8. The van der Waals surface area contributed by atoms with Crippen LogP contribution in [0.1, 0.15) is 41.5 Å². The molecule has 0 atom stereocenters. The van der Waals surface area contributed by atoms with Gasteiger partial charge in [-0.25, -0.2) is 8.78 Å². The van der Waals surface area contributed by atoms with Gasteiger partial charge in [-0.2, -0.15) is 29.1 Å². The fraction of sp³-hybridized carbons (Fsp3) is 0.383. The molecule has 0 aliphatic carbocycles. The zero-order chi connectivity index (χ0) is 49.4. The molecular formula is C47H54Cl4N10O5S. The van der Waals surface area contributed by atoms with Crippen LogP contribution < -0.4 is 17.0 Å². The molecule has 0 saturated heterocycles. The minimum absolute atomic E-state index is 0. The van der Waals surface area contributed by atoms with Crippen molar-refractivity contribution >= 4 is 42.2 Å². The van der Waals surface area contributed by atoms with E-state index in [4.69, 9.17) is 74.6 Å². The fourth-order valence-electron chi connectivity index (χ4n) is 6.33. The Hall–Kier alpha value is -5.70. The molecule has 356 valence electrons. The van der Waals surface area contributed by atoms with E-state index >= 15 is 0 Å². The Kier molecular flexibility index (Phi) is 32.5. The molecule has 1 N–H and O–H groups in total. The van der Waals surface area contributed by atoms with Crippen molar-refractivity contribution in [3.63, 3.8) is 0 Å². The monoisotopic (exact) mass is 1010 g/mol. The average molecular weight is 1010 g/mol. The summed E-state index contributed by atoms with van der Waals surface area (Å²) in [5, 5.41) is 8.63. The highest BCUT2D eigenvalue weighted by Crippen LogP contribution is 2.27. The molecule has 15 nitrogen and oxygen atoms in total. The van der Waals surface area contributed by atoms with Crippen molar-refractivity contribution in [3.05, 3.63) is 204 Å². The van der Waals surface area contributed by atoms with Gasteiger partial charge in [0.15, 0.2) is 18.9 Å². The van der Waals surface area contributed by atoms with E-state index in [1.165, 1.54) is 0 Å². The third kappa shape index (κ3) is 23.0. The van der Waals surface area contributed by atoms with E-state index in [0.717, 1.165) is 53.8 Å². The number of allylic oxidation sites excluding steroid dienone is 15. The quantitative estimate of drug-likeness (QED) is 0.0636. The summed E-state index contributed by atoms with van der Waals surface area (Å²) in [5.41, 5.74) is 8.05. The SMILES string of the molecule is O=S(Cl)Cl.[C-]#[N+]C([N+]#[C-])=C1C=C(C)N(CCOCCCl)C(C)=C1.[C-]#[N+]C([N+]#[C-])=C1C=C(C)N(CCOCCO)C(C)=C1.[C-]#[N+]C([N+]#[C-])=C1C=C(C)N(CCOCC[n+]2ccccc2)C(C)=C1.[Cl-]. The number of pyridine rings is 1. The Labute approximate surface area is 418 Å².